The smallest absolute Gasteiger partial charge is 0.326 e. The number of carbonyl (C=O) groups is 3. The van der Waals surface area contributed by atoms with Crippen LogP contribution in [0.15, 0.2) is 48.5 Å². The molecule has 198 valence electrons. The van der Waals surface area contributed by atoms with Crippen LogP contribution >= 0.6 is 23.2 Å². The van der Waals surface area contributed by atoms with Gasteiger partial charge in [0.1, 0.15) is 12.8 Å². The lowest BCUT2D eigenvalue weighted by Gasteiger charge is -2.48. The number of para-hydroxylation sites is 1. The molecule has 2 fully saturated rings. The maximum Gasteiger partial charge on any atom is 0.326 e. The Hall–Kier alpha value is -2.81. The number of anilines is 1. The SMILES string of the molecule is CC(C)[C@@H](NC(=O)c1cc(Cl)cc(Cl)c1)C(=O)N1CCC2(CC1)COCN(C)C(=O)N2c1ccccc1. The van der Waals surface area contributed by atoms with Crippen molar-refractivity contribution in [2.45, 2.75) is 38.3 Å². The zero-order chi connectivity index (χ0) is 26.7. The van der Waals surface area contributed by atoms with E-state index in [-0.39, 0.29) is 24.6 Å². The third kappa shape index (κ3) is 5.87. The van der Waals surface area contributed by atoms with Crippen LogP contribution in [0.25, 0.3) is 0 Å². The van der Waals surface area contributed by atoms with Crippen molar-refractivity contribution < 1.29 is 19.1 Å². The molecule has 0 radical (unpaired) electrons. The lowest BCUT2D eigenvalue weighted by molar-refractivity contribution is -0.136. The Labute approximate surface area is 227 Å². The molecule has 2 aliphatic heterocycles. The number of amides is 4. The van der Waals surface area contributed by atoms with Crippen molar-refractivity contribution in [2.75, 3.05) is 38.4 Å². The van der Waals surface area contributed by atoms with E-state index in [1.807, 2.05) is 49.1 Å². The lowest BCUT2D eigenvalue weighted by atomic mass is 9.85. The normalized spacial score (nSPS) is 18.6. The fourth-order valence-electron chi connectivity index (χ4n) is 4.96. The molecular formula is C27H32Cl2N4O4. The molecule has 2 heterocycles. The van der Waals surface area contributed by atoms with Crippen molar-refractivity contribution in [3.05, 3.63) is 64.1 Å². The molecule has 2 saturated heterocycles. The summed E-state index contributed by atoms with van der Waals surface area (Å²) in [5.41, 5.74) is 0.524. The van der Waals surface area contributed by atoms with E-state index in [0.717, 1.165) is 5.69 Å². The van der Waals surface area contributed by atoms with Crippen molar-refractivity contribution in [3.8, 4) is 0 Å². The molecule has 0 aromatic heterocycles. The first kappa shape index (κ1) is 27.2. The monoisotopic (exact) mass is 546 g/mol. The Kier molecular flexibility index (Phi) is 8.31. The van der Waals surface area contributed by atoms with E-state index in [0.29, 0.717) is 48.1 Å². The van der Waals surface area contributed by atoms with Crippen LogP contribution in [0.1, 0.15) is 37.0 Å². The van der Waals surface area contributed by atoms with Crippen LogP contribution in [-0.4, -0.2) is 72.7 Å². The van der Waals surface area contributed by atoms with Crippen LogP contribution in [-0.2, 0) is 9.53 Å². The van der Waals surface area contributed by atoms with Crippen LogP contribution in [0.4, 0.5) is 10.5 Å². The number of carbonyl (C=O) groups excluding carboxylic acids is 3. The average Bonchev–Trinajstić information content (AvgIpc) is 2.98. The number of benzene rings is 2. The largest absolute Gasteiger partial charge is 0.359 e. The minimum atomic E-state index is -0.720. The van der Waals surface area contributed by atoms with E-state index in [1.165, 1.54) is 12.1 Å². The highest BCUT2D eigenvalue weighted by Crippen LogP contribution is 2.36. The number of ether oxygens (including phenoxy) is 1. The summed E-state index contributed by atoms with van der Waals surface area (Å²) >= 11 is 12.1. The molecule has 1 spiro atoms. The Morgan fingerprint density at radius 1 is 1.03 bits per heavy atom. The Morgan fingerprint density at radius 3 is 2.24 bits per heavy atom. The van der Waals surface area contributed by atoms with Crippen molar-refractivity contribution in [1.29, 1.82) is 0 Å². The van der Waals surface area contributed by atoms with E-state index in [1.54, 1.807) is 22.9 Å². The zero-order valence-electron chi connectivity index (χ0n) is 21.2. The second-order valence-electron chi connectivity index (χ2n) is 10.0. The highest BCUT2D eigenvalue weighted by molar-refractivity contribution is 6.35. The van der Waals surface area contributed by atoms with Gasteiger partial charge >= 0.3 is 6.03 Å². The molecule has 10 heteroatoms. The predicted molar refractivity (Wildman–Crippen MR) is 144 cm³/mol. The fourth-order valence-corrected chi connectivity index (χ4v) is 5.48. The molecule has 0 aliphatic carbocycles. The maximum absolute atomic E-state index is 13.6. The number of rotatable bonds is 5. The number of halogens is 2. The Morgan fingerprint density at radius 2 is 1.65 bits per heavy atom. The molecule has 1 N–H and O–H groups in total. The van der Waals surface area contributed by atoms with Gasteiger partial charge in [0.05, 0.1) is 12.1 Å². The van der Waals surface area contributed by atoms with Gasteiger partial charge in [-0.3, -0.25) is 14.5 Å². The molecule has 8 nitrogen and oxygen atoms in total. The van der Waals surface area contributed by atoms with Crippen LogP contribution in [0, 0.1) is 5.92 Å². The number of nitrogens with zero attached hydrogens (tertiary/aromatic N) is 3. The van der Waals surface area contributed by atoms with E-state index in [9.17, 15) is 14.4 Å². The van der Waals surface area contributed by atoms with E-state index >= 15 is 0 Å². The molecule has 2 aliphatic rings. The van der Waals surface area contributed by atoms with Crippen molar-refractivity contribution in [2.24, 2.45) is 5.92 Å². The molecule has 37 heavy (non-hydrogen) atoms. The first-order chi connectivity index (χ1) is 17.6. The molecule has 0 unspecified atom stereocenters. The summed E-state index contributed by atoms with van der Waals surface area (Å²) in [7, 11) is 1.72. The summed E-state index contributed by atoms with van der Waals surface area (Å²) in [5, 5.41) is 3.56. The quantitative estimate of drug-likeness (QED) is 0.591. The molecule has 1 atom stereocenters. The van der Waals surface area contributed by atoms with Crippen molar-refractivity contribution in [1.82, 2.24) is 15.1 Å². The molecule has 4 rings (SSSR count). The topological polar surface area (TPSA) is 82.2 Å². The zero-order valence-corrected chi connectivity index (χ0v) is 22.8. The van der Waals surface area contributed by atoms with Gasteiger partial charge in [0.25, 0.3) is 5.91 Å². The third-order valence-corrected chi connectivity index (χ3v) is 7.45. The summed E-state index contributed by atoms with van der Waals surface area (Å²) in [6.07, 6.45) is 1.10. The molecule has 2 aromatic carbocycles. The summed E-state index contributed by atoms with van der Waals surface area (Å²) in [4.78, 5) is 45.0. The minimum Gasteiger partial charge on any atom is -0.359 e. The van der Waals surface area contributed by atoms with Gasteiger partial charge in [-0.25, -0.2) is 4.79 Å². The Bertz CT molecular complexity index is 1130. The van der Waals surface area contributed by atoms with Gasteiger partial charge < -0.3 is 19.9 Å². The average molecular weight is 547 g/mol. The summed E-state index contributed by atoms with van der Waals surface area (Å²) in [6.45, 7) is 5.24. The summed E-state index contributed by atoms with van der Waals surface area (Å²) in [5.74, 6) is -0.708. The van der Waals surface area contributed by atoms with Gasteiger partial charge in [-0.05, 0) is 49.1 Å². The molecular weight excluding hydrogens is 515 g/mol. The molecule has 0 bridgehead atoms. The third-order valence-electron chi connectivity index (χ3n) is 7.01. The Balaban J connectivity index is 1.51. The second-order valence-corrected chi connectivity index (χ2v) is 10.9. The molecule has 2 aromatic rings. The number of hydrogen-bond acceptors (Lipinski definition) is 4. The summed E-state index contributed by atoms with van der Waals surface area (Å²) < 4.78 is 5.91. The first-order valence-corrected chi connectivity index (χ1v) is 13.1. The van der Waals surface area contributed by atoms with Gasteiger partial charge in [-0.1, -0.05) is 55.2 Å². The highest BCUT2D eigenvalue weighted by atomic mass is 35.5. The lowest BCUT2D eigenvalue weighted by Crippen LogP contribution is -2.62. The number of nitrogens with one attached hydrogen (secondary N) is 1. The van der Waals surface area contributed by atoms with Crippen LogP contribution in [0.5, 0.6) is 0 Å². The van der Waals surface area contributed by atoms with Crippen LogP contribution in [0.3, 0.4) is 0 Å². The maximum atomic E-state index is 13.6. The number of hydrogen-bond donors (Lipinski definition) is 1. The van der Waals surface area contributed by atoms with Crippen molar-refractivity contribution >= 4 is 46.7 Å². The van der Waals surface area contributed by atoms with Gasteiger partial charge in [-0.2, -0.15) is 0 Å². The van der Waals surface area contributed by atoms with Crippen LogP contribution in [0.2, 0.25) is 10.0 Å². The fraction of sp³-hybridized carbons (Fsp3) is 0.444. The van der Waals surface area contributed by atoms with Gasteiger partial charge in [0.15, 0.2) is 0 Å². The number of piperidine rings is 1. The number of urea groups is 1. The van der Waals surface area contributed by atoms with Gasteiger partial charge in [0.2, 0.25) is 5.91 Å². The second kappa shape index (κ2) is 11.3. The summed E-state index contributed by atoms with van der Waals surface area (Å²) in [6, 6.07) is 13.3. The van der Waals surface area contributed by atoms with E-state index in [2.05, 4.69) is 5.32 Å². The molecule has 4 amide bonds. The number of likely N-dealkylation sites (tertiary alicyclic amines) is 1. The minimum absolute atomic E-state index is 0.129. The standard InChI is InChI=1S/C27H32Cl2N4O4/c1-18(2)23(30-24(34)19-13-20(28)15-21(29)14-19)25(35)32-11-9-27(10-12-32)16-37-17-31(3)26(36)33(27)22-7-5-4-6-8-22/h4-8,13-15,18,23H,9-12,16-17H2,1-3H3,(H,30,34)/t23-/m1/s1. The predicted octanol–water partition coefficient (Wildman–Crippen LogP) is 4.66. The van der Waals surface area contributed by atoms with Crippen molar-refractivity contribution in [3.63, 3.8) is 0 Å². The van der Waals surface area contributed by atoms with E-state index in [4.69, 9.17) is 27.9 Å². The highest BCUT2D eigenvalue weighted by Gasteiger charge is 2.47. The van der Waals surface area contributed by atoms with E-state index < -0.39 is 17.5 Å². The van der Waals surface area contributed by atoms with Gasteiger partial charge in [-0.15, -0.1) is 0 Å². The van der Waals surface area contributed by atoms with Crippen LogP contribution < -0.4 is 10.2 Å². The van der Waals surface area contributed by atoms with Gasteiger partial charge in [0, 0.05) is 41.4 Å². The first-order valence-electron chi connectivity index (χ1n) is 12.4. The molecule has 0 saturated carbocycles.